The molecule has 32 heavy (non-hydrogen) atoms. The summed E-state index contributed by atoms with van der Waals surface area (Å²) in [6, 6.07) is 16.4. The number of carbonyl (C=O) groups is 1. The van der Waals surface area contributed by atoms with Crippen LogP contribution in [0.15, 0.2) is 71.8 Å². The minimum absolute atomic E-state index is 0.0372. The van der Waals surface area contributed by atoms with Gasteiger partial charge >= 0.3 is 5.97 Å². The lowest BCUT2D eigenvalue weighted by Gasteiger charge is -2.12. The zero-order valence-corrected chi connectivity index (χ0v) is 18.2. The fraction of sp³-hybridized carbons (Fsp3) is 0.130. The molecule has 0 aliphatic rings. The second-order valence-corrected chi connectivity index (χ2v) is 7.37. The first kappa shape index (κ1) is 21.3. The van der Waals surface area contributed by atoms with Crippen molar-refractivity contribution < 1.29 is 9.53 Å². The summed E-state index contributed by atoms with van der Waals surface area (Å²) in [6.45, 7) is 0.391. The Morgan fingerprint density at radius 3 is 2.59 bits per heavy atom. The normalized spacial score (nSPS) is 10.7. The van der Waals surface area contributed by atoms with Crippen molar-refractivity contribution in [2.24, 2.45) is 7.05 Å². The highest BCUT2D eigenvalue weighted by Gasteiger charge is 2.18. The number of rotatable bonds is 6. The topological polar surface area (TPSA) is 91.0 Å². The maximum absolute atomic E-state index is 12.9. The van der Waals surface area contributed by atoms with Crippen molar-refractivity contribution >= 4 is 23.3 Å². The van der Waals surface area contributed by atoms with Crippen molar-refractivity contribution in [2.45, 2.75) is 6.54 Å². The lowest BCUT2D eigenvalue weighted by atomic mass is 10.1. The summed E-state index contributed by atoms with van der Waals surface area (Å²) in [6.07, 6.45) is 3.36. The van der Waals surface area contributed by atoms with Gasteiger partial charge in [-0.15, -0.1) is 0 Å². The summed E-state index contributed by atoms with van der Waals surface area (Å²) in [4.78, 5) is 25.0. The van der Waals surface area contributed by atoms with E-state index in [1.54, 1.807) is 28.9 Å². The number of nitrogens with zero attached hydrogens (tertiary/aromatic N) is 4. The first-order valence-electron chi connectivity index (χ1n) is 9.77. The molecule has 0 amide bonds. The molecule has 2 aromatic carbocycles. The van der Waals surface area contributed by atoms with E-state index in [2.05, 4.69) is 15.5 Å². The van der Waals surface area contributed by atoms with E-state index in [0.29, 0.717) is 12.2 Å². The van der Waals surface area contributed by atoms with Gasteiger partial charge in [-0.1, -0.05) is 54.1 Å². The minimum Gasteiger partial charge on any atom is -0.465 e. The van der Waals surface area contributed by atoms with Crippen LogP contribution in [0.25, 0.3) is 16.9 Å². The van der Waals surface area contributed by atoms with Gasteiger partial charge in [-0.25, -0.2) is 4.79 Å². The maximum atomic E-state index is 12.9. The van der Waals surface area contributed by atoms with Crippen LogP contribution in [0.4, 0.5) is 5.69 Å². The van der Waals surface area contributed by atoms with E-state index >= 15 is 0 Å². The van der Waals surface area contributed by atoms with Crippen molar-refractivity contribution in [3.63, 3.8) is 0 Å². The van der Waals surface area contributed by atoms with Gasteiger partial charge in [-0.3, -0.25) is 9.48 Å². The molecule has 0 aliphatic carbocycles. The number of benzene rings is 2. The van der Waals surface area contributed by atoms with Crippen LogP contribution in [0.5, 0.6) is 0 Å². The van der Waals surface area contributed by atoms with Crippen LogP contribution in [0.3, 0.4) is 0 Å². The molecule has 0 radical (unpaired) electrons. The summed E-state index contributed by atoms with van der Waals surface area (Å²) >= 11 is 6.37. The maximum Gasteiger partial charge on any atom is 0.340 e. The molecule has 0 unspecified atom stereocenters. The largest absolute Gasteiger partial charge is 0.465 e. The van der Waals surface area contributed by atoms with Crippen molar-refractivity contribution in [1.82, 2.24) is 19.6 Å². The molecule has 0 saturated carbocycles. The third-order valence-corrected chi connectivity index (χ3v) is 5.24. The molecule has 0 aliphatic heterocycles. The number of hydrogen-bond donors (Lipinski definition) is 1. The van der Waals surface area contributed by atoms with E-state index in [1.807, 2.05) is 43.6 Å². The average molecular weight is 450 g/mol. The van der Waals surface area contributed by atoms with Crippen LogP contribution in [0.2, 0.25) is 5.02 Å². The number of methoxy groups -OCH3 is 1. The number of para-hydroxylation sites is 1. The van der Waals surface area contributed by atoms with E-state index in [9.17, 15) is 9.59 Å². The number of halogens is 1. The van der Waals surface area contributed by atoms with Gasteiger partial charge in [-0.2, -0.15) is 14.9 Å². The first-order valence-corrected chi connectivity index (χ1v) is 10.1. The highest BCUT2D eigenvalue weighted by Crippen LogP contribution is 2.24. The van der Waals surface area contributed by atoms with Crippen LogP contribution in [-0.4, -0.2) is 32.6 Å². The molecule has 0 spiro atoms. The summed E-state index contributed by atoms with van der Waals surface area (Å²) in [5.74, 6) is -0.572. The molecular formula is C23H20ClN5O3. The number of aromatic nitrogens is 4. The van der Waals surface area contributed by atoms with Gasteiger partial charge in [0.25, 0.3) is 5.56 Å². The quantitative estimate of drug-likeness (QED) is 0.451. The molecule has 9 heteroatoms. The van der Waals surface area contributed by atoms with E-state index in [-0.39, 0.29) is 16.3 Å². The number of esters is 1. The third-order valence-electron chi connectivity index (χ3n) is 4.88. The Hall–Kier alpha value is -3.91. The highest BCUT2D eigenvalue weighted by atomic mass is 35.5. The molecule has 2 aromatic heterocycles. The molecule has 4 rings (SSSR count). The van der Waals surface area contributed by atoms with Crippen LogP contribution in [0, 0.1) is 0 Å². The molecular weight excluding hydrogens is 430 g/mol. The first-order chi connectivity index (χ1) is 15.5. The Labute approximate surface area is 189 Å². The standard InChI is InChI=1S/C23H20ClN5O3/c1-28-14-16(21(27-28)15-8-4-3-5-9-15)12-25-18-13-26-29(22(30)20(18)24)19-11-7-6-10-17(19)23(31)32-2/h3-11,13-14,25H,12H2,1-2H3. The zero-order valence-electron chi connectivity index (χ0n) is 17.4. The lowest BCUT2D eigenvalue weighted by Crippen LogP contribution is -2.24. The number of ether oxygens (including phenoxy) is 1. The fourth-order valence-electron chi connectivity index (χ4n) is 3.36. The number of nitrogens with one attached hydrogen (secondary N) is 1. The summed E-state index contributed by atoms with van der Waals surface area (Å²) in [5, 5.41) is 11.9. The van der Waals surface area contributed by atoms with E-state index in [1.165, 1.54) is 13.3 Å². The minimum atomic E-state index is -0.572. The fourth-order valence-corrected chi connectivity index (χ4v) is 3.56. The van der Waals surface area contributed by atoms with Crippen LogP contribution in [0.1, 0.15) is 15.9 Å². The van der Waals surface area contributed by atoms with E-state index < -0.39 is 11.5 Å². The number of hydrogen-bond acceptors (Lipinski definition) is 6. The molecule has 0 fully saturated rings. The predicted octanol–water partition coefficient (Wildman–Crippen LogP) is 3.69. The Bertz CT molecular complexity index is 1330. The van der Waals surface area contributed by atoms with Crippen LogP contribution < -0.4 is 10.9 Å². The molecule has 0 atom stereocenters. The predicted molar refractivity (Wildman–Crippen MR) is 122 cm³/mol. The van der Waals surface area contributed by atoms with Crippen LogP contribution in [-0.2, 0) is 18.3 Å². The number of anilines is 1. The smallest absolute Gasteiger partial charge is 0.340 e. The van der Waals surface area contributed by atoms with E-state index in [0.717, 1.165) is 21.5 Å². The van der Waals surface area contributed by atoms with Gasteiger partial charge in [-0.05, 0) is 12.1 Å². The Kier molecular flexibility index (Phi) is 6.04. The molecule has 2 heterocycles. The van der Waals surface area contributed by atoms with Gasteiger partial charge in [0, 0.05) is 30.9 Å². The number of carbonyl (C=O) groups excluding carboxylic acids is 1. The molecule has 0 bridgehead atoms. The van der Waals surface area contributed by atoms with Gasteiger partial charge in [0.2, 0.25) is 0 Å². The molecule has 162 valence electrons. The van der Waals surface area contributed by atoms with Crippen molar-refractivity contribution in [1.29, 1.82) is 0 Å². The van der Waals surface area contributed by atoms with Crippen molar-refractivity contribution in [3.8, 4) is 16.9 Å². The summed E-state index contributed by atoms with van der Waals surface area (Å²) in [7, 11) is 3.13. The molecule has 0 saturated heterocycles. The van der Waals surface area contributed by atoms with Crippen LogP contribution >= 0.6 is 11.6 Å². The SMILES string of the molecule is COC(=O)c1ccccc1-n1ncc(NCc2cn(C)nc2-c2ccccc2)c(Cl)c1=O. The molecule has 1 N–H and O–H groups in total. The van der Waals surface area contributed by atoms with Gasteiger partial charge in [0.15, 0.2) is 0 Å². The number of aryl methyl sites for hydroxylation is 1. The zero-order chi connectivity index (χ0) is 22.7. The second kappa shape index (κ2) is 9.07. The van der Waals surface area contributed by atoms with Crippen molar-refractivity contribution in [3.05, 3.63) is 93.5 Å². The Balaban J connectivity index is 1.63. The van der Waals surface area contributed by atoms with Gasteiger partial charge in [0.1, 0.15) is 5.02 Å². The summed E-state index contributed by atoms with van der Waals surface area (Å²) in [5.41, 5.74) is 3.10. The van der Waals surface area contributed by atoms with Gasteiger partial charge in [0.05, 0.1) is 35.9 Å². The lowest BCUT2D eigenvalue weighted by molar-refractivity contribution is 0.0600. The Morgan fingerprint density at radius 1 is 1.12 bits per heavy atom. The van der Waals surface area contributed by atoms with Gasteiger partial charge < -0.3 is 10.1 Å². The Morgan fingerprint density at radius 2 is 1.84 bits per heavy atom. The molecule has 4 aromatic rings. The highest BCUT2D eigenvalue weighted by molar-refractivity contribution is 6.33. The van der Waals surface area contributed by atoms with Crippen molar-refractivity contribution in [2.75, 3.05) is 12.4 Å². The second-order valence-electron chi connectivity index (χ2n) is 6.99. The summed E-state index contributed by atoms with van der Waals surface area (Å²) < 4.78 is 7.61. The average Bonchev–Trinajstić information content (AvgIpc) is 3.20. The van der Waals surface area contributed by atoms with E-state index in [4.69, 9.17) is 16.3 Å². The third kappa shape index (κ3) is 4.13. The monoisotopic (exact) mass is 449 g/mol. The molecule has 8 nitrogen and oxygen atoms in total.